The second-order valence-corrected chi connectivity index (χ2v) is 5.20. The van der Waals surface area contributed by atoms with Gasteiger partial charge in [-0.2, -0.15) is 0 Å². The number of H-pyrrole nitrogens is 2. The lowest BCUT2D eigenvalue weighted by Crippen LogP contribution is -2.00. The van der Waals surface area contributed by atoms with Crippen LogP contribution in [0.5, 0.6) is 0 Å². The van der Waals surface area contributed by atoms with Crippen LogP contribution in [0.1, 0.15) is 20.7 Å². The molecule has 24 heavy (non-hydrogen) atoms. The van der Waals surface area contributed by atoms with E-state index >= 15 is 0 Å². The van der Waals surface area contributed by atoms with E-state index in [9.17, 15) is 9.59 Å². The van der Waals surface area contributed by atoms with Gasteiger partial charge in [0.15, 0.2) is 4.77 Å². The SMILES string of the molecule is Nc1ccc(C(=O)O)cc1N.O=C(O)c1ccc2[nH]c(=S)[nH]c2c1. The molecule has 8 nitrogen and oxygen atoms in total. The van der Waals surface area contributed by atoms with Gasteiger partial charge in [-0.05, 0) is 48.6 Å². The van der Waals surface area contributed by atoms with Crippen LogP contribution < -0.4 is 11.5 Å². The summed E-state index contributed by atoms with van der Waals surface area (Å²) in [6.45, 7) is 0. The number of aromatic carboxylic acids is 2. The molecule has 0 amide bonds. The monoisotopic (exact) mass is 346 g/mol. The number of hydrogen-bond acceptors (Lipinski definition) is 5. The molecule has 0 fully saturated rings. The van der Waals surface area contributed by atoms with E-state index in [-0.39, 0.29) is 11.1 Å². The Morgan fingerprint density at radius 1 is 0.833 bits per heavy atom. The number of hydrogen-bond donors (Lipinski definition) is 6. The summed E-state index contributed by atoms with van der Waals surface area (Å²) in [5.74, 6) is -1.95. The van der Waals surface area contributed by atoms with E-state index in [4.69, 9.17) is 33.9 Å². The van der Waals surface area contributed by atoms with E-state index in [2.05, 4.69) is 9.97 Å². The molecule has 0 atom stereocenters. The number of benzene rings is 2. The Morgan fingerprint density at radius 3 is 1.96 bits per heavy atom. The van der Waals surface area contributed by atoms with Crippen molar-refractivity contribution in [3.63, 3.8) is 0 Å². The van der Waals surface area contributed by atoms with E-state index in [1.165, 1.54) is 24.3 Å². The highest BCUT2D eigenvalue weighted by Crippen LogP contribution is 2.15. The first kappa shape index (κ1) is 17.0. The first-order chi connectivity index (χ1) is 11.3. The molecule has 0 saturated carbocycles. The van der Waals surface area contributed by atoms with Gasteiger partial charge in [0.25, 0.3) is 0 Å². The van der Waals surface area contributed by atoms with Crippen LogP contribution in [0.3, 0.4) is 0 Å². The van der Waals surface area contributed by atoms with Crippen molar-refractivity contribution in [1.29, 1.82) is 0 Å². The second kappa shape index (κ2) is 6.84. The van der Waals surface area contributed by atoms with Gasteiger partial charge >= 0.3 is 11.9 Å². The summed E-state index contributed by atoms with van der Waals surface area (Å²) in [7, 11) is 0. The zero-order chi connectivity index (χ0) is 17.9. The quantitative estimate of drug-likeness (QED) is 0.307. The molecule has 0 radical (unpaired) electrons. The van der Waals surface area contributed by atoms with Crippen LogP contribution in [0.15, 0.2) is 36.4 Å². The molecule has 8 N–H and O–H groups in total. The molecule has 2 aromatic carbocycles. The van der Waals surface area contributed by atoms with Gasteiger partial charge in [-0.15, -0.1) is 0 Å². The van der Waals surface area contributed by atoms with E-state index in [0.29, 0.717) is 21.7 Å². The summed E-state index contributed by atoms with van der Waals surface area (Å²) in [6.07, 6.45) is 0. The van der Waals surface area contributed by atoms with Crippen LogP contribution in [0.25, 0.3) is 11.0 Å². The van der Waals surface area contributed by atoms with Gasteiger partial charge in [0.05, 0.1) is 33.5 Å². The Labute approximate surface area is 140 Å². The number of nitrogen functional groups attached to an aromatic ring is 2. The maximum absolute atomic E-state index is 10.6. The van der Waals surface area contributed by atoms with Crippen molar-refractivity contribution in [2.24, 2.45) is 0 Å². The van der Waals surface area contributed by atoms with Gasteiger partial charge in [-0.3, -0.25) is 0 Å². The first-order valence-electron chi connectivity index (χ1n) is 6.61. The summed E-state index contributed by atoms with van der Waals surface area (Å²) in [4.78, 5) is 26.7. The molecule has 124 valence electrons. The zero-order valence-electron chi connectivity index (χ0n) is 12.2. The number of nitrogens with one attached hydrogen (secondary N) is 2. The fourth-order valence-corrected chi connectivity index (χ4v) is 2.09. The smallest absolute Gasteiger partial charge is 0.335 e. The number of carboxylic acids is 2. The van der Waals surface area contributed by atoms with Crippen LogP contribution in [-0.2, 0) is 0 Å². The van der Waals surface area contributed by atoms with Crippen molar-refractivity contribution in [3.8, 4) is 0 Å². The molecule has 1 aromatic heterocycles. The number of aromatic amines is 2. The maximum Gasteiger partial charge on any atom is 0.335 e. The zero-order valence-corrected chi connectivity index (χ0v) is 13.1. The minimum Gasteiger partial charge on any atom is -0.478 e. The third-order valence-electron chi connectivity index (χ3n) is 3.10. The summed E-state index contributed by atoms with van der Waals surface area (Å²) >= 11 is 4.86. The topological polar surface area (TPSA) is 158 Å². The Morgan fingerprint density at radius 2 is 1.38 bits per heavy atom. The molecule has 0 aliphatic carbocycles. The standard InChI is InChI=1S/C8H6N2O2S.C7H8N2O2/c11-7(12)4-1-2-5-6(3-4)10-8(13)9-5;8-5-2-1-4(7(10)11)3-6(5)9/h1-3H,(H,11,12)(H2,9,10,13);1-3H,8-9H2,(H,10,11). The molecule has 9 heteroatoms. The highest BCUT2D eigenvalue weighted by Gasteiger charge is 2.04. The van der Waals surface area contributed by atoms with Crippen LogP contribution >= 0.6 is 12.2 Å². The van der Waals surface area contributed by atoms with Crippen molar-refractivity contribution in [1.82, 2.24) is 9.97 Å². The van der Waals surface area contributed by atoms with Crippen LogP contribution in [0.4, 0.5) is 11.4 Å². The molecule has 0 saturated heterocycles. The molecule has 3 rings (SSSR count). The van der Waals surface area contributed by atoms with Gasteiger partial charge in [0, 0.05) is 0 Å². The fraction of sp³-hybridized carbons (Fsp3) is 0. The van der Waals surface area contributed by atoms with Gasteiger partial charge in [0.1, 0.15) is 0 Å². The number of anilines is 2. The van der Waals surface area contributed by atoms with E-state index < -0.39 is 11.9 Å². The maximum atomic E-state index is 10.6. The third-order valence-corrected chi connectivity index (χ3v) is 3.30. The molecule has 0 spiro atoms. The Balaban J connectivity index is 0.000000177. The lowest BCUT2D eigenvalue weighted by Gasteiger charge is -1.99. The molecule has 0 aliphatic heterocycles. The van der Waals surface area contributed by atoms with Gasteiger partial charge < -0.3 is 31.6 Å². The van der Waals surface area contributed by atoms with E-state index in [0.717, 1.165) is 5.52 Å². The molecule has 1 heterocycles. The predicted molar refractivity (Wildman–Crippen MR) is 92.7 cm³/mol. The Bertz CT molecular complexity index is 977. The predicted octanol–water partition coefficient (Wildman–Crippen LogP) is 2.47. The number of rotatable bonds is 2. The van der Waals surface area contributed by atoms with Crippen molar-refractivity contribution in [2.45, 2.75) is 0 Å². The Kier molecular flexibility index (Phi) is 4.85. The van der Waals surface area contributed by atoms with Crippen LogP contribution in [-0.4, -0.2) is 32.1 Å². The van der Waals surface area contributed by atoms with Crippen LogP contribution in [0.2, 0.25) is 0 Å². The number of carbonyl (C=O) groups is 2. The molecular formula is C15H14N4O4S. The number of carboxylic acid groups (broad SMARTS) is 2. The molecular weight excluding hydrogens is 332 g/mol. The molecule has 0 unspecified atom stereocenters. The number of fused-ring (bicyclic) bond motifs is 1. The van der Waals surface area contributed by atoms with E-state index in [1.807, 2.05) is 0 Å². The third kappa shape index (κ3) is 3.90. The van der Waals surface area contributed by atoms with Gasteiger partial charge in [-0.25, -0.2) is 9.59 Å². The average molecular weight is 346 g/mol. The molecule has 0 bridgehead atoms. The van der Waals surface area contributed by atoms with Crippen molar-refractivity contribution >= 4 is 46.6 Å². The molecule has 3 aromatic rings. The number of imidazole rings is 1. The normalized spacial score (nSPS) is 10.0. The summed E-state index contributed by atoms with van der Waals surface area (Å²) < 4.78 is 0.498. The lowest BCUT2D eigenvalue weighted by atomic mass is 10.2. The lowest BCUT2D eigenvalue weighted by molar-refractivity contribution is 0.0686. The van der Waals surface area contributed by atoms with E-state index in [1.54, 1.807) is 12.1 Å². The minimum absolute atomic E-state index is 0.150. The molecule has 0 aliphatic rings. The van der Waals surface area contributed by atoms with Crippen molar-refractivity contribution < 1.29 is 19.8 Å². The second-order valence-electron chi connectivity index (χ2n) is 4.79. The number of aromatic nitrogens is 2. The average Bonchev–Trinajstić information content (AvgIpc) is 2.89. The van der Waals surface area contributed by atoms with Gasteiger partial charge in [0.2, 0.25) is 0 Å². The fourth-order valence-electron chi connectivity index (χ4n) is 1.87. The summed E-state index contributed by atoms with van der Waals surface area (Å²) in [6, 6.07) is 8.98. The van der Waals surface area contributed by atoms with Crippen molar-refractivity contribution in [3.05, 3.63) is 52.3 Å². The van der Waals surface area contributed by atoms with Crippen LogP contribution in [0, 0.1) is 4.77 Å². The summed E-state index contributed by atoms with van der Waals surface area (Å²) in [5, 5.41) is 17.2. The number of nitrogens with two attached hydrogens (primary N) is 2. The minimum atomic E-state index is -1.00. The summed E-state index contributed by atoms with van der Waals surface area (Å²) in [5.41, 5.74) is 13.4. The Hall–Kier alpha value is -3.33. The van der Waals surface area contributed by atoms with Crippen molar-refractivity contribution in [2.75, 3.05) is 11.5 Å². The highest BCUT2D eigenvalue weighted by molar-refractivity contribution is 7.71. The van der Waals surface area contributed by atoms with Gasteiger partial charge in [-0.1, -0.05) is 0 Å². The largest absolute Gasteiger partial charge is 0.478 e. The highest BCUT2D eigenvalue weighted by atomic mass is 32.1. The first-order valence-corrected chi connectivity index (χ1v) is 7.02.